The maximum Gasteiger partial charge on any atom is 0.303 e. The van der Waals surface area contributed by atoms with E-state index in [1.165, 1.54) is 0 Å². The second kappa shape index (κ2) is 11.7. The van der Waals surface area contributed by atoms with Gasteiger partial charge in [-0.3, -0.25) is 9.59 Å². The van der Waals surface area contributed by atoms with Crippen molar-refractivity contribution < 1.29 is 14.7 Å². The molecule has 0 spiro atoms. The molecule has 1 N–H and O–H groups in total. The van der Waals surface area contributed by atoms with Gasteiger partial charge in [-0.1, -0.05) is 54.1 Å². The van der Waals surface area contributed by atoms with Gasteiger partial charge in [-0.05, 0) is 61.2 Å². The Balaban J connectivity index is 1.36. The first kappa shape index (κ1) is 25.7. The van der Waals surface area contributed by atoms with E-state index in [-0.39, 0.29) is 12.3 Å². The number of hydrogen-bond donors (Lipinski definition) is 1. The van der Waals surface area contributed by atoms with Crippen LogP contribution in [-0.4, -0.2) is 53.0 Å². The number of aryl methyl sites for hydroxylation is 1. The zero-order chi connectivity index (χ0) is 26.5. The molecular weight excluding hydrogens is 498 g/mol. The fourth-order valence-corrected chi connectivity index (χ4v) is 5.28. The van der Waals surface area contributed by atoms with E-state index in [0.717, 1.165) is 64.4 Å². The third kappa shape index (κ3) is 5.81. The summed E-state index contributed by atoms with van der Waals surface area (Å²) in [6.07, 6.45) is 2.25. The molecule has 0 saturated carbocycles. The van der Waals surface area contributed by atoms with Gasteiger partial charge in [0, 0.05) is 49.1 Å². The van der Waals surface area contributed by atoms with Crippen molar-refractivity contribution in [3.63, 3.8) is 0 Å². The van der Waals surface area contributed by atoms with Crippen molar-refractivity contribution in [1.82, 2.24) is 9.88 Å². The number of anilines is 1. The number of aliphatic carboxylic acids is 1. The first-order valence-electron chi connectivity index (χ1n) is 13.0. The monoisotopic (exact) mass is 527 g/mol. The van der Waals surface area contributed by atoms with Crippen LogP contribution in [0.25, 0.3) is 22.2 Å². The van der Waals surface area contributed by atoms with E-state index in [9.17, 15) is 9.59 Å². The van der Waals surface area contributed by atoms with E-state index in [2.05, 4.69) is 11.0 Å². The Morgan fingerprint density at radius 2 is 1.61 bits per heavy atom. The molecule has 4 aromatic rings. The largest absolute Gasteiger partial charge is 0.481 e. The molecule has 1 aromatic heterocycles. The number of para-hydroxylation sites is 1. The predicted octanol–water partition coefficient (Wildman–Crippen LogP) is 6.32. The van der Waals surface area contributed by atoms with E-state index in [1.807, 2.05) is 77.7 Å². The van der Waals surface area contributed by atoms with Crippen LogP contribution in [0.2, 0.25) is 5.02 Å². The lowest BCUT2D eigenvalue weighted by molar-refractivity contribution is -0.137. The smallest absolute Gasteiger partial charge is 0.303 e. The van der Waals surface area contributed by atoms with Crippen molar-refractivity contribution in [2.75, 3.05) is 31.1 Å². The zero-order valence-corrected chi connectivity index (χ0v) is 21.9. The lowest BCUT2D eigenvalue weighted by Crippen LogP contribution is -2.48. The average Bonchev–Trinajstić information content (AvgIpc) is 2.95. The van der Waals surface area contributed by atoms with Crippen molar-refractivity contribution >= 4 is 40.1 Å². The quantitative estimate of drug-likeness (QED) is 0.272. The highest BCUT2D eigenvalue weighted by Crippen LogP contribution is 2.29. The number of aromatic nitrogens is 1. The fraction of sp³-hybridized carbons (Fsp3) is 0.258. The van der Waals surface area contributed by atoms with E-state index in [1.54, 1.807) is 0 Å². The van der Waals surface area contributed by atoms with Gasteiger partial charge in [0.2, 0.25) is 0 Å². The number of unbranched alkanes of at least 4 members (excludes halogenated alkanes) is 1. The number of nitrogens with zero attached hydrogens (tertiary/aromatic N) is 3. The highest BCUT2D eigenvalue weighted by molar-refractivity contribution is 6.33. The maximum absolute atomic E-state index is 13.4. The Bertz CT molecular complexity index is 1450. The molecular formula is C31H30ClN3O3. The first-order chi connectivity index (χ1) is 18.5. The molecule has 0 unspecified atom stereocenters. The number of piperazine rings is 1. The summed E-state index contributed by atoms with van der Waals surface area (Å²) in [5, 5.41) is 10.6. The van der Waals surface area contributed by atoms with Gasteiger partial charge < -0.3 is 14.9 Å². The minimum atomic E-state index is -0.777. The number of carbonyl (C=O) groups is 2. The van der Waals surface area contributed by atoms with Gasteiger partial charge in [0.1, 0.15) is 0 Å². The highest BCUT2D eigenvalue weighted by Gasteiger charge is 2.23. The summed E-state index contributed by atoms with van der Waals surface area (Å²) < 4.78 is 0. The molecule has 38 heavy (non-hydrogen) atoms. The number of pyridine rings is 1. The van der Waals surface area contributed by atoms with Gasteiger partial charge in [-0.15, -0.1) is 0 Å². The Morgan fingerprint density at radius 1 is 0.868 bits per heavy atom. The molecule has 3 aromatic carbocycles. The van der Waals surface area contributed by atoms with Crippen molar-refractivity contribution in [3.8, 4) is 11.3 Å². The van der Waals surface area contributed by atoms with Crippen LogP contribution in [0.3, 0.4) is 0 Å². The third-order valence-corrected chi connectivity index (χ3v) is 7.35. The van der Waals surface area contributed by atoms with Crippen molar-refractivity contribution in [2.24, 2.45) is 0 Å². The summed E-state index contributed by atoms with van der Waals surface area (Å²) in [4.78, 5) is 33.4. The van der Waals surface area contributed by atoms with Crippen LogP contribution >= 0.6 is 11.6 Å². The minimum absolute atomic E-state index is 0.0147. The molecule has 1 amide bonds. The second-order valence-electron chi connectivity index (χ2n) is 9.60. The fourth-order valence-electron chi connectivity index (χ4n) is 5.02. The van der Waals surface area contributed by atoms with E-state index >= 15 is 0 Å². The zero-order valence-electron chi connectivity index (χ0n) is 21.1. The van der Waals surface area contributed by atoms with Crippen molar-refractivity contribution in [1.29, 1.82) is 0 Å². The van der Waals surface area contributed by atoms with Gasteiger partial charge >= 0.3 is 5.97 Å². The Hall–Kier alpha value is -3.90. The number of carboxylic acids is 1. The van der Waals surface area contributed by atoms with E-state index in [4.69, 9.17) is 21.7 Å². The third-order valence-electron chi connectivity index (χ3n) is 7.03. The summed E-state index contributed by atoms with van der Waals surface area (Å²) in [6, 6.07) is 25.6. The second-order valence-corrected chi connectivity index (χ2v) is 10.0. The summed E-state index contributed by atoms with van der Waals surface area (Å²) >= 11 is 6.37. The number of hydrogen-bond acceptors (Lipinski definition) is 4. The Kier molecular flexibility index (Phi) is 7.89. The van der Waals surface area contributed by atoms with Gasteiger partial charge in [0.15, 0.2) is 0 Å². The van der Waals surface area contributed by atoms with Crippen molar-refractivity contribution in [3.05, 3.63) is 95.0 Å². The summed E-state index contributed by atoms with van der Waals surface area (Å²) in [7, 11) is 0. The molecule has 1 aliphatic heterocycles. The molecule has 0 radical (unpaired) electrons. The molecule has 1 fully saturated rings. The molecule has 1 saturated heterocycles. The number of halogens is 1. The SMILES string of the molecule is O=C(O)CCCCc1cc2cc(C(=O)N3CCN(c4ccccc4Cl)CC3)ccc2nc1-c1ccccc1. The summed E-state index contributed by atoms with van der Waals surface area (Å²) in [5.41, 5.74) is 5.48. The van der Waals surface area contributed by atoms with Crippen molar-refractivity contribution in [2.45, 2.75) is 25.7 Å². The van der Waals surface area contributed by atoms with Crippen LogP contribution < -0.4 is 4.90 Å². The van der Waals surface area contributed by atoms with Gasteiger partial charge in [-0.2, -0.15) is 0 Å². The van der Waals surface area contributed by atoms with E-state index in [0.29, 0.717) is 25.1 Å². The van der Waals surface area contributed by atoms with Crippen LogP contribution in [0.4, 0.5) is 5.69 Å². The molecule has 5 rings (SSSR count). The predicted molar refractivity (Wildman–Crippen MR) is 152 cm³/mol. The number of rotatable bonds is 8. The van der Waals surface area contributed by atoms with Gasteiger partial charge in [0.05, 0.1) is 21.9 Å². The molecule has 7 heteroatoms. The average molecular weight is 528 g/mol. The normalized spacial score (nSPS) is 13.6. The number of carbonyl (C=O) groups excluding carboxylic acids is 1. The molecule has 0 aliphatic carbocycles. The van der Waals surface area contributed by atoms with Gasteiger partial charge in [0.25, 0.3) is 5.91 Å². The molecule has 6 nitrogen and oxygen atoms in total. The summed E-state index contributed by atoms with van der Waals surface area (Å²) in [6.45, 7) is 2.71. The maximum atomic E-state index is 13.4. The van der Waals surface area contributed by atoms with Crippen LogP contribution in [0, 0.1) is 0 Å². The lowest BCUT2D eigenvalue weighted by Gasteiger charge is -2.36. The Labute approximate surface area is 227 Å². The van der Waals surface area contributed by atoms with Gasteiger partial charge in [-0.25, -0.2) is 4.98 Å². The minimum Gasteiger partial charge on any atom is -0.481 e. The summed E-state index contributed by atoms with van der Waals surface area (Å²) in [5.74, 6) is -0.762. The molecule has 194 valence electrons. The molecule has 1 aliphatic rings. The van der Waals surface area contributed by atoms with Crippen LogP contribution in [-0.2, 0) is 11.2 Å². The Morgan fingerprint density at radius 3 is 2.34 bits per heavy atom. The number of amides is 1. The highest BCUT2D eigenvalue weighted by atomic mass is 35.5. The molecule has 0 bridgehead atoms. The number of benzene rings is 3. The van der Waals surface area contributed by atoms with E-state index < -0.39 is 5.97 Å². The number of fused-ring (bicyclic) bond motifs is 1. The molecule has 0 atom stereocenters. The topological polar surface area (TPSA) is 73.7 Å². The standard InChI is InChI=1S/C31H30ClN3O3/c32-26-11-5-6-12-28(26)34-16-18-35(19-17-34)31(38)24-14-15-27-25(21-24)20-23(10-4-7-13-29(36)37)30(33-27)22-8-2-1-3-9-22/h1-3,5-6,8-9,11-12,14-15,20-21H,4,7,10,13,16-19H2,(H,36,37). The van der Waals surface area contributed by atoms with Crippen LogP contribution in [0.5, 0.6) is 0 Å². The lowest BCUT2D eigenvalue weighted by atomic mass is 9.98. The molecule has 2 heterocycles. The first-order valence-corrected chi connectivity index (χ1v) is 13.4. The number of carboxylic acid groups (broad SMARTS) is 1. The van der Waals surface area contributed by atoms with Crippen LogP contribution in [0.15, 0.2) is 78.9 Å². The van der Waals surface area contributed by atoms with Crippen LogP contribution in [0.1, 0.15) is 35.2 Å².